The number of rotatable bonds is 5. The molecule has 0 N–H and O–H groups in total. The fraction of sp³-hybridized carbons (Fsp3) is 0.0714. The number of nitro benzene ring substituents is 1. The van der Waals surface area contributed by atoms with E-state index in [2.05, 4.69) is 47.5 Å². The number of hydrogen-bond acceptors (Lipinski definition) is 4. The molecule has 0 aliphatic rings. The first-order valence-corrected chi connectivity index (χ1v) is 11.7. The van der Waals surface area contributed by atoms with E-state index in [0.29, 0.717) is 5.56 Å². The van der Waals surface area contributed by atoms with Gasteiger partial charge in [-0.25, -0.2) is 12.7 Å². The zero-order valence-corrected chi connectivity index (χ0v) is 19.5. The number of nitrogens with zero attached hydrogens (tertiary/aromatic N) is 2. The molecule has 0 bridgehead atoms. The molecule has 6 nitrogen and oxygen atoms in total. The first kappa shape index (κ1) is 24.7. The standard InChI is InChI=1S/C28H18N2O4S/c1-24-14-20-28(21-15-24)35(33,34)29(23-26-12-8-6-9-13-26)22-10-5-3-2-4-7-11-25-16-18-27(19-17-25)30(31)32/h6,8-9,12-21H,23H2,1H3. The smallest absolute Gasteiger partial charge is 0.258 e. The Hall–Kier alpha value is -4.95. The number of aryl methyl sites for hydroxylation is 1. The monoisotopic (exact) mass is 478 g/mol. The maximum absolute atomic E-state index is 13.1. The molecule has 0 atom stereocenters. The highest BCUT2D eigenvalue weighted by Gasteiger charge is 2.22. The molecular formula is C28H18N2O4S. The molecule has 7 heteroatoms. The molecule has 0 radical (unpaired) electrons. The molecule has 3 aromatic rings. The fourth-order valence-electron chi connectivity index (χ4n) is 2.76. The SMILES string of the molecule is Cc1ccc(S(=O)(=O)N(C#CC#CC#CC#Cc2ccc([N+](=O)[O-])cc2)Cc2ccccc2)cc1. The summed E-state index contributed by atoms with van der Waals surface area (Å²) in [6.07, 6.45) is 0. The number of nitro groups is 1. The van der Waals surface area contributed by atoms with E-state index >= 15 is 0 Å². The van der Waals surface area contributed by atoms with Gasteiger partial charge >= 0.3 is 0 Å². The Morgan fingerprint density at radius 3 is 2.03 bits per heavy atom. The van der Waals surface area contributed by atoms with Crippen LogP contribution in [0.25, 0.3) is 0 Å². The van der Waals surface area contributed by atoms with Gasteiger partial charge in [-0.1, -0.05) is 53.9 Å². The minimum Gasteiger partial charge on any atom is -0.258 e. The molecule has 0 aromatic heterocycles. The lowest BCUT2D eigenvalue weighted by atomic mass is 10.2. The third-order valence-corrected chi connectivity index (χ3v) is 6.22. The lowest BCUT2D eigenvalue weighted by Crippen LogP contribution is -2.26. The lowest BCUT2D eigenvalue weighted by Gasteiger charge is -2.18. The van der Waals surface area contributed by atoms with Gasteiger partial charge in [-0.15, -0.1) is 0 Å². The molecular weight excluding hydrogens is 460 g/mol. The van der Waals surface area contributed by atoms with Crippen LogP contribution in [0.5, 0.6) is 0 Å². The highest BCUT2D eigenvalue weighted by Crippen LogP contribution is 2.18. The molecule has 0 unspecified atom stereocenters. The molecule has 0 spiro atoms. The lowest BCUT2D eigenvalue weighted by molar-refractivity contribution is -0.384. The third-order valence-electron chi connectivity index (χ3n) is 4.56. The van der Waals surface area contributed by atoms with Gasteiger partial charge in [0.05, 0.1) is 16.4 Å². The van der Waals surface area contributed by atoms with Gasteiger partial charge in [0.1, 0.15) is 0 Å². The second-order valence-corrected chi connectivity index (χ2v) is 8.96. The van der Waals surface area contributed by atoms with Gasteiger partial charge in [0, 0.05) is 41.5 Å². The molecule has 0 fully saturated rings. The highest BCUT2D eigenvalue weighted by atomic mass is 32.2. The van der Waals surface area contributed by atoms with Crippen LogP contribution in [0.15, 0.2) is 83.8 Å². The summed E-state index contributed by atoms with van der Waals surface area (Å²) in [6, 6.07) is 24.1. The van der Waals surface area contributed by atoms with Crippen LogP contribution in [0, 0.1) is 64.5 Å². The normalized spacial score (nSPS) is 9.51. The predicted molar refractivity (Wildman–Crippen MR) is 134 cm³/mol. The molecule has 0 saturated carbocycles. The van der Waals surface area contributed by atoms with Crippen LogP contribution in [0.3, 0.4) is 0 Å². The summed E-state index contributed by atoms with van der Waals surface area (Å²) < 4.78 is 27.3. The van der Waals surface area contributed by atoms with Crippen molar-refractivity contribution in [2.24, 2.45) is 0 Å². The second-order valence-electron chi connectivity index (χ2n) is 7.10. The Kier molecular flexibility index (Phi) is 8.31. The van der Waals surface area contributed by atoms with Gasteiger partial charge in [-0.3, -0.25) is 10.1 Å². The fourth-order valence-corrected chi connectivity index (χ4v) is 3.98. The van der Waals surface area contributed by atoms with Crippen LogP contribution < -0.4 is 0 Å². The van der Waals surface area contributed by atoms with Gasteiger partial charge < -0.3 is 0 Å². The van der Waals surface area contributed by atoms with Crippen molar-refractivity contribution >= 4 is 15.7 Å². The van der Waals surface area contributed by atoms with Gasteiger partial charge in [-0.05, 0) is 54.5 Å². The average molecular weight is 479 g/mol. The molecule has 0 saturated heterocycles. The molecule has 170 valence electrons. The van der Waals surface area contributed by atoms with Gasteiger partial charge in [0.2, 0.25) is 0 Å². The van der Waals surface area contributed by atoms with Crippen molar-refractivity contribution in [2.75, 3.05) is 0 Å². The molecule has 3 aromatic carbocycles. The van der Waals surface area contributed by atoms with Crippen LogP contribution in [0.1, 0.15) is 16.7 Å². The summed E-state index contributed by atoms with van der Waals surface area (Å²) in [7, 11) is -3.87. The molecule has 0 amide bonds. The summed E-state index contributed by atoms with van der Waals surface area (Å²) in [5, 5.41) is 10.7. The quantitative estimate of drug-likeness (QED) is 0.239. The largest absolute Gasteiger partial charge is 0.271 e. The van der Waals surface area contributed by atoms with Gasteiger partial charge in [-0.2, -0.15) is 0 Å². The maximum atomic E-state index is 13.1. The second kappa shape index (κ2) is 11.8. The zero-order valence-electron chi connectivity index (χ0n) is 18.6. The first-order valence-electron chi connectivity index (χ1n) is 10.3. The van der Waals surface area contributed by atoms with E-state index in [1.54, 1.807) is 24.3 Å². The minimum absolute atomic E-state index is 0.0169. The highest BCUT2D eigenvalue weighted by molar-refractivity contribution is 7.89. The van der Waals surface area contributed by atoms with E-state index in [9.17, 15) is 18.5 Å². The van der Waals surface area contributed by atoms with Crippen LogP contribution in [0.4, 0.5) is 5.69 Å². The summed E-state index contributed by atoms with van der Waals surface area (Å²) in [6.45, 7) is 1.95. The van der Waals surface area contributed by atoms with Crippen molar-refractivity contribution < 1.29 is 13.3 Å². The van der Waals surface area contributed by atoms with Gasteiger partial charge in [0.25, 0.3) is 15.7 Å². The Morgan fingerprint density at radius 2 is 1.40 bits per heavy atom. The molecule has 3 rings (SSSR count). The average Bonchev–Trinajstić information content (AvgIpc) is 2.86. The van der Waals surface area contributed by atoms with E-state index in [1.165, 1.54) is 24.3 Å². The molecule has 35 heavy (non-hydrogen) atoms. The van der Waals surface area contributed by atoms with Crippen molar-refractivity contribution in [3.63, 3.8) is 0 Å². The van der Waals surface area contributed by atoms with Crippen LogP contribution in [0.2, 0.25) is 0 Å². The first-order chi connectivity index (χ1) is 16.9. The van der Waals surface area contributed by atoms with Crippen LogP contribution in [-0.4, -0.2) is 17.6 Å². The number of sulfonamides is 1. The van der Waals surface area contributed by atoms with Crippen LogP contribution in [-0.2, 0) is 16.6 Å². The Balaban J connectivity index is 1.76. The van der Waals surface area contributed by atoms with E-state index < -0.39 is 14.9 Å². The molecule has 0 aliphatic heterocycles. The van der Waals surface area contributed by atoms with Crippen molar-refractivity contribution in [2.45, 2.75) is 18.4 Å². The van der Waals surface area contributed by atoms with E-state index in [1.807, 2.05) is 37.3 Å². The van der Waals surface area contributed by atoms with E-state index in [0.717, 1.165) is 15.4 Å². The Labute approximate surface area is 204 Å². The molecule has 0 heterocycles. The summed E-state index contributed by atoms with van der Waals surface area (Å²) in [5.41, 5.74) is 2.30. The number of benzene rings is 3. The Morgan fingerprint density at radius 1 is 0.800 bits per heavy atom. The number of non-ortho nitro benzene ring substituents is 1. The van der Waals surface area contributed by atoms with E-state index in [4.69, 9.17) is 0 Å². The third kappa shape index (κ3) is 7.28. The molecule has 0 aliphatic carbocycles. The van der Waals surface area contributed by atoms with E-state index in [-0.39, 0.29) is 17.1 Å². The van der Waals surface area contributed by atoms with Gasteiger partial charge in [0.15, 0.2) is 0 Å². The van der Waals surface area contributed by atoms with Crippen molar-refractivity contribution in [3.8, 4) is 47.5 Å². The predicted octanol–water partition coefficient (Wildman–Crippen LogP) is 4.11. The van der Waals surface area contributed by atoms with Crippen molar-refractivity contribution in [1.29, 1.82) is 0 Å². The summed E-state index contributed by atoms with van der Waals surface area (Å²) >= 11 is 0. The zero-order chi connectivity index (χ0) is 25.1. The summed E-state index contributed by atoms with van der Waals surface area (Å²) in [5.74, 6) is 18.0. The van der Waals surface area contributed by atoms with Crippen LogP contribution >= 0.6 is 0 Å². The topological polar surface area (TPSA) is 80.5 Å². The van der Waals surface area contributed by atoms with Crippen molar-refractivity contribution in [3.05, 3.63) is 106 Å². The summed E-state index contributed by atoms with van der Waals surface area (Å²) in [4.78, 5) is 10.3. The number of hydrogen-bond donors (Lipinski definition) is 0. The minimum atomic E-state index is -3.87. The van der Waals surface area contributed by atoms with Crippen molar-refractivity contribution in [1.82, 2.24) is 4.31 Å². The Bertz CT molecular complexity index is 1560. The maximum Gasteiger partial charge on any atom is 0.271 e.